The molecule has 0 saturated carbocycles. The molecular formula is C12H13F3O3. The highest BCUT2D eigenvalue weighted by molar-refractivity contribution is 5.76. The molecule has 0 spiro atoms. The molecule has 0 aliphatic carbocycles. The average molecular weight is 262 g/mol. The van der Waals surface area contributed by atoms with Gasteiger partial charge in [-0.2, -0.15) is 8.78 Å². The minimum Gasteiger partial charge on any atom is -0.459 e. The quantitative estimate of drug-likeness (QED) is 0.765. The monoisotopic (exact) mass is 262 g/mol. The molecule has 0 unspecified atom stereocenters. The Kier molecular flexibility index (Phi) is 4.58. The molecule has 1 aromatic rings. The minimum atomic E-state index is -4.21. The molecule has 0 fully saturated rings. The maximum atomic E-state index is 13.3. The molecule has 0 N–H and O–H groups in total. The molecule has 0 saturated heterocycles. The van der Waals surface area contributed by atoms with Crippen LogP contribution in [-0.2, 0) is 16.0 Å². The zero-order valence-electron chi connectivity index (χ0n) is 10.0. The van der Waals surface area contributed by atoms with Gasteiger partial charge >= 0.3 is 12.1 Å². The molecule has 18 heavy (non-hydrogen) atoms. The van der Waals surface area contributed by atoms with Gasteiger partial charge < -0.3 is 9.47 Å². The number of halogens is 3. The van der Waals surface area contributed by atoms with Crippen molar-refractivity contribution in [1.82, 2.24) is 0 Å². The second-order valence-corrected chi connectivity index (χ2v) is 3.46. The number of carbonyl (C=O) groups excluding carboxylic acids is 1. The van der Waals surface area contributed by atoms with Gasteiger partial charge in [-0.15, -0.1) is 0 Å². The van der Waals surface area contributed by atoms with Gasteiger partial charge in [-0.1, -0.05) is 13.0 Å². The van der Waals surface area contributed by atoms with Crippen LogP contribution in [0.25, 0.3) is 0 Å². The minimum absolute atomic E-state index is 0.213. The summed E-state index contributed by atoms with van der Waals surface area (Å²) >= 11 is 0. The largest absolute Gasteiger partial charge is 0.502 e. The van der Waals surface area contributed by atoms with Gasteiger partial charge in [-0.3, -0.25) is 0 Å². The van der Waals surface area contributed by atoms with Crippen LogP contribution < -0.4 is 4.74 Å². The van der Waals surface area contributed by atoms with E-state index in [1.807, 2.05) is 0 Å². The lowest BCUT2D eigenvalue weighted by Gasteiger charge is -2.16. The van der Waals surface area contributed by atoms with E-state index >= 15 is 0 Å². The van der Waals surface area contributed by atoms with Crippen molar-refractivity contribution in [1.29, 1.82) is 0 Å². The molecule has 0 aromatic heterocycles. The first kappa shape index (κ1) is 14.3. The van der Waals surface area contributed by atoms with Crippen LogP contribution >= 0.6 is 0 Å². The fourth-order valence-electron chi connectivity index (χ4n) is 1.24. The number of alkyl halides is 2. The second-order valence-electron chi connectivity index (χ2n) is 3.46. The second kappa shape index (κ2) is 5.75. The van der Waals surface area contributed by atoms with Gasteiger partial charge in [0.2, 0.25) is 0 Å². The van der Waals surface area contributed by atoms with Crippen LogP contribution in [0, 0.1) is 5.82 Å². The van der Waals surface area contributed by atoms with Crippen molar-refractivity contribution >= 4 is 5.97 Å². The highest BCUT2D eigenvalue weighted by Crippen LogP contribution is 2.26. The maximum absolute atomic E-state index is 13.3. The van der Waals surface area contributed by atoms with E-state index in [-0.39, 0.29) is 6.61 Å². The van der Waals surface area contributed by atoms with E-state index in [9.17, 15) is 18.0 Å². The third-order valence-corrected chi connectivity index (χ3v) is 2.16. The summed E-state index contributed by atoms with van der Waals surface area (Å²) in [5, 5.41) is 0. The van der Waals surface area contributed by atoms with Crippen molar-refractivity contribution in [2.24, 2.45) is 0 Å². The molecule has 6 heteroatoms. The first-order valence-electron chi connectivity index (χ1n) is 5.43. The molecule has 0 aliphatic heterocycles. The number of hydrogen-bond acceptors (Lipinski definition) is 3. The number of hydrogen-bond donors (Lipinski definition) is 0. The fraction of sp³-hybridized carbons (Fsp3) is 0.417. The first-order chi connectivity index (χ1) is 8.40. The van der Waals surface area contributed by atoms with Crippen molar-refractivity contribution < 1.29 is 27.4 Å². The Labute approximate surface area is 103 Å². The molecule has 1 aromatic carbocycles. The van der Waals surface area contributed by atoms with Crippen molar-refractivity contribution in [3.05, 3.63) is 29.6 Å². The summed E-state index contributed by atoms with van der Waals surface area (Å²) in [4.78, 5) is 10.9. The van der Waals surface area contributed by atoms with Gasteiger partial charge in [0.25, 0.3) is 0 Å². The molecule has 0 atom stereocenters. The van der Waals surface area contributed by atoms with Gasteiger partial charge in [0.05, 0.1) is 6.61 Å². The molecule has 0 bridgehead atoms. The lowest BCUT2D eigenvalue weighted by molar-refractivity contribution is -0.217. The SMILES string of the molecule is CCOC(=O)C(F)(F)Oc1cc(CC)ccc1F. The van der Waals surface area contributed by atoms with E-state index in [0.29, 0.717) is 12.0 Å². The van der Waals surface area contributed by atoms with Crippen LogP contribution in [0.5, 0.6) is 5.75 Å². The lowest BCUT2D eigenvalue weighted by atomic mass is 10.1. The van der Waals surface area contributed by atoms with Crippen molar-refractivity contribution in [2.75, 3.05) is 6.61 Å². The summed E-state index contributed by atoms with van der Waals surface area (Å²) in [6, 6.07) is 3.59. The van der Waals surface area contributed by atoms with Crippen LogP contribution in [0.1, 0.15) is 19.4 Å². The number of rotatable bonds is 5. The van der Waals surface area contributed by atoms with Gasteiger partial charge in [0.1, 0.15) is 0 Å². The number of ether oxygens (including phenoxy) is 2. The molecular weight excluding hydrogens is 249 g/mol. The normalized spacial score (nSPS) is 11.2. The predicted molar refractivity (Wildman–Crippen MR) is 58.0 cm³/mol. The summed E-state index contributed by atoms with van der Waals surface area (Å²) in [6.45, 7) is 2.95. The molecule has 0 amide bonds. The Balaban J connectivity index is 2.92. The van der Waals surface area contributed by atoms with Crippen molar-refractivity contribution in [2.45, 2.75) is 26.4 Å². The standard InChI is InChI=1S/C12H13F3O3/c1-3-8-5-6-9(13)10(7-8)18-12(14,15)11(16)17-4-2/h5-7H,3-4H2,1-2H3. The van der Waals surface area contributed by atoms with Gasteiger partial charge in [0, 0.05) is 0 Å². The Hall–Kier alpha value is -1.72. The smallest absolute Gasteiger partial charge is 0.459 e. The number of aryl methyl sites for hydroxylation is 1. The summed E-state index contributed by atoms with van der Waals surface area (Å²) in [5.74, 6) is -3.48. The Morgan fingerprint density at radius 1 is 1.33 bits per heavy atom. The lowest BCUT2D eigenvalue weighted by Crippen LogP contribution is -2.37. The molecule has 0 radical (unpaired) electrons. The van der Waals surface area contributed by atoms with Gasteiger partial charge in [-0.25, -0.2) is 9.18 Å². The Morgan fingerprint density at radius 2 is 2.00 bits per heavy atom. The topological polar surface area (TPSA) is 35.5 Å². The average Bonchev–Trinajstić information content (AvgIpc) is 2.32. The third-order valence-electron chi connectivity index (χ3n) is 2.16. The maximum Gasteiger partial charge on any atom is 0.502 e. The van der Waals surface area contributed by atoms with Crippen molar-refractivity contribution in [3.63, 3.8) is 0 Å². The van der Waals surface area contributed by atoms with E-state index in [1.54, 1.807) is 6.92 Å². The van der Waals surface area contributed by atoms with E-state index in [1.165, 1.54) is 13.0 Å². The first-order valence-corrected chi connectivity index (χ1v) is 5.43. The zero-order valence-corrected chi connectivity index (χ0v) is 10.0. The Bertz CT molecular complexity index is 433. The van der Waals surface area contributed by atoms with Crippen LogP contribution in [0.2, 0.25) is 0 Å². The molecule has 1 rings (SSSR count). The summed E-state index contributed by atoms with van der Waals surface area (Å²) in [6.07, 6.45) is -3.68. The zero-order chi connectivity index (χ0) is 13.8. The van der Waals surface area contributed by atoms with Gasteiger partial charge in [-0.05, 0) is 31.0 Å². The molecule has 100 valence electrons. The molecule has 0 heterocycles. The summed E-state index contributed by atoms with van der Waals surface area (Å²) in [7, 11) is 0. The Morgan fingerprint density at radius 3 is 2.56 bits per heavy atom. The van der Waals surface area contributed by atoms with Gasteiger partial charge in [0.15, 0.2) is 11.6 Å². The number of carbonyl (C=O) groups is 1. The van der Waals surface area contributed by atoms with E-state index < -0.39 is 23.6 Å². The molecule has 3 nitrogen and oxygen atoms in total. The predicted octanol–water partition coefficient (Wildman–Crippen LogP) is 2.92. The summed E-state index contributed by atoms with van der Waals surface area (Å²) in [5.41, 5.74) is 0.617. The van der Waals surface area contributed by atoms with Crippen LogP contribution in [0.3, 0.4) is 0 Å². The number of benzene rings is 1. The molecule has 0 aliphatic rings. The van der Waals surface area contributed by atoms with Crippen LogP contribution in [0.15, 0.2) is 18.2 Å². The highest BCUT2D eigenvalue weighted by Gasteiger charge is 2.44. The van der Waals surface area contributed by atoms with E-state index in [4.69, 9.17) is 0 Å². The summed E-state index contributed by atoms with van der Waals surface area (Å²) < 4.78 is 48.0. The van der Waals surface area contributed by atoms with Crippen LogP contribution in [0.4, 0.5) is 13.2 Å². The highest BCUT2D eigenvalue weighted by atomic mass is 19.3. The van der Waals surface area contributed by atoms with E-state index in [2.05, 4.69) is 9.47 Å². The van der Waals surface area contributed by atoms with Crippen molar-refractivity contribution in [3.8, 4) is 5.75 Å². The van der Waals surface area contributed by atoms with Crippen LogP contribution in [-0.4, -0.2) is 18.7 Å². The number of esters is 1. The van der Waals surface area contributed by atoms with E-state index in [0.717, 1.165) is 12.1 Å². The third kappa shape index (κ3) is 3.38. The fourth-order valence-corrected chi connectivity index (χ4v) is 1.24.